The third-order valence-electron chi connectivity index (χ3n) is 3.30. The zero-order valence-corrected chi connectivity index (χ0v) is 12.2. The van der Waals surface area contributed by atoms with E-state index in [9.17, 15) is 14.9 Å². The Labute approximate surface area is 128 Å². The molecule has 7 nitrogen and oxygen atoms in total. The topological polar surface area (TPSA) is 87.9 Å². The van der Waals surface area contributed by atoms with Crippen LogP contribution in [0.1, 0.15) is 24.8 Å². The van der Waals surface area contributed by atoms with Gasteiger partial charge in [0, 0.05) is 18.7 Å². The smallest absolute Gasteiger partial charge is 0.308 e. The maximum Gasteiger partial charge on any atom is 0.308 e. The fourth-order valence-electron chi connectivity index (χ4n) is 2.14. The molecular weight excluding hydrogens is 290 g/mol. The van der Waals surface area contributed by atoms with Crippen LogP contribution in [0.15, 0.2) is 24.3 Å². The number of nitro groups is 1. The van der Waals surface area contributed by atoms with E-state index in [0.29, 0.717) is 12.2 Å². The lowest BCUT2D eigenvalue weighted by atomic mass is 10.2. The fourth-order valence-corrected chi connectivity index (χ4v) is 2.14. The number of nitrogens with zero attached hydrogens (tertiary/aromatic N) is 1. The fraction of sp³-hybridized carbons (Fsp3) is 0.533. The van der Waals surface area contributed by atoms with Crippen LogP contribution in [0.5, 0.6) is 0 Å². The van der Waals surface area contributed by atoms with Crippen molar-refractivity contribution < 1.29 is 23.9 Å². The summed E-state index contributed by atoms with van der Waals surface area (Å²) in [4.78, 5) is 21.7. The number of carbonyl (C=O) groups excluding carboxylic acids is 1. The Kier molecular flexibility index (Phi) is 6.29. The van der Waals surface area contributed by atoms with Gasteiger partial charge in [0.25, 0.3) is 5.69 Å². The first-order chi connectivity index (χ1) is 10.6. The Bertz CT molecular complexity index is 513. The zero-order valence-electron chi connectivity index (χ0n) is 12.2. The van der Waals surface area contributed by atoms with Gasteiger partial charge in [-0.1, -0.05) is 12.1 Å². The summed E-state index contributed by atoms with van der Waals surface area (Å²) in [6, 6.07) is 6.02. The predicted molar refractivity (Wildman–Crippen MR) is 77.3 cm³/mol. The minimum absolute atomic E-state index is 0.0200. The van der Waals surface area contributed by atoms with E-state index in [0.717, 1.165) is 19.4 Å². The second-order valence-electron chi connectivity index (χ2n) is 5.05. The van der Waals surface area contributed by atoms with Gasteiger partial charge >= 0.3 is 5.97 Å². The van der Waals surface area contributed by atoms with Crippen molar-refractivity contribution in [3.05, 3.63) is 39.9 Å². The van der Waals surface area contributed by atoms with Crippen molar-refractivity contribution >= 4 is 11.7 Å². The van der Waals surface area contributed by atoms with E-state index in [1.807, 2.05) is 0 Å². The van der Waals surface area contributed by atoms with Crippen LogP contribution >= 0.6 is 0 Å². The molecule has 1 unspecified atom stereocenters. The van der Waals surface area contributed by atoms with Gasteiger partial charge in [-0.25, -0.2) is 0 Å². The normalized spacial score (nSPS) is 17.4. The number of non-ortho nitro benzene ring substituents is 1. The average Bonchev–Trinajstić information content (AvgIpc) is 3.03. The molecule has 120 valence electrons. The summed E-state index contributed by atoms with van der Waals surface area (Å²) >= 11 is 0. The molecule has 7 heteroatoms. The first-order valence-electron chi connectivity index (χ1n) is 7.23. The van der Waals surface area contributed by atoms with Gasteiger partial charge in [0.05, 0.1) is 30.7 Å². The third kappa shape index (κ3) is 5.42. The first-order valence-corrected chi connectivity index (χ1v) is 7.23. The molecule has 1 heterocycles. The van der Waals surface area contributed by atoms with Gasteiger partial charge in [-0.3, -0.25) is 14.9 Å². The van der Waals surface area contributed by atoms with Gasteiger partial charge in [-0.05, 0) is 18.4 Å². The van der Waals surface area contributed by atoms with Crippen molar-refractivity contribution in [2.24, 2.45) is 0 Å². The van der Waals surface area contributed by atoms with E-state index in [1.165, 1.54) is 12.1 Å². The summed E-state index contributed by atoms with van der Waals surface area (Å²) in [7, 11) is 0. The van der Waals surface area contributed by atoms with Crippen LogP contribution in [0.25, 0.3) is 0 Å². The van der Waals surface area contributed by atoms with Crippen LogP contribution in [-0.4, -0.2) is 36.8 Å². The van der Waals surface area contributed by atoms with Gasteiger partial charge in [-0.15, -0.1) is 0 Å². The summed E-state index contributed by atoms with van der Waals surface area (Å²) in [6.07, 6.45) is 2.35. The molecule has 1 aromatic carbocycles. The molecule has 0 radical (unpaired) electrons. The van der Waals surface area contributed by atoms with Gasteiger partial charge in [0.15, 0.2) is 0 Å². The minimum atomic E-state index is -0.482. The van der Waals surface area contributed by atoms with Crippen molar-refractivity contribution in [1.82, 2.24) is 0 Å². The minimum Gasteiger partial charge on any atom is -0.461 e. The van der Waals surface area contributed by atoms with Crippen molar-refractivity contribution in [2.75, 3.05) is 19.8 Å². The van der Waals surface area contributed by atoms with Gasteiger partial charge in [0.2, 0.25) is 0 Å². The lowest BCUT2D eigenvalue weighted by molar-refractivity contribution is -0.384. The van der Waals surface area contributed by atoms with Crippen molar-refractivity contribution in [3.8, 4) is 0 Å². The zero-order chi connectivity index (χ0) is 15.8. The third-order valence-corrected chi connectivity index (χ3v) is 3.30. The number of nitro benzene ring substituents is 1. The predicted octanol–water partition coefficient (Wildman–Crippen LogP) is 2.22. The molecule has 22 heavy (non-hydrogen) atoms. The summed E-state index contributed by atoms with van der Waals surface area (Å²) in [5, 5.41) is 10.6. The van der Waals surface area contributed by atoms with Gasteiger partial charge < -0.3 is 14.2 Å². The highest BCUT2D eigenvalue weighted by Crippen LogP contribution is 2.14. The van der Waals surface area contributed by atoms with E-state index in [4.69, 9.17) is 14.2 Å². The molecular formula is C15H19NO6. The van der Waals surface area contributed by atoms with E-state index in [-0.39, 0.29) is 37.4 Å². The molecule has 1 fully saturated rings. The van der Waals surface area contributed by atoms with E-state index >= 15 is 0 Å². The second kappa shape index (κ2) is 8.45. The number of hydrogen-bond donors (Lipinski definition) is 0. The van der Waals surface area contributed by atoms with E-state index in [1.54, 1.807) is 12.1 Å². The quantitative estimate of drug-likeness (QED) is 0.317. The molecule has 0 spiro atoms. The highest BCUT2D eigenvalue weighted by molar-refractivity contribution is 5.69. The van der Waals surface area contributed by atoms with Crippen LogP contribution in [0, 0.1) is 10.1 Å². The summed E-state index contributed by atoms with van der Waals surface area (Å²) in [5.74, 6) is -0.390. The molecule has 1 aliphatic rings. The lowest BCUT2D eigenvalue weighted by Crippen LogP contribution is -2.16. The Morgan fingerprint density at radius 3 is 3.05 bits per heavy atom. The molecule has 0 aliphatic carbocycles. The van der Waals surface area contributed by atoms with Crippen LogP contribution in [0.4, 0.5) is 5.69 Å². The molecule has 0 bridgehead atoms. The molecule has 1 atom stereocenters. The number of hydrogen-bond acceptors (Lipinski definition) is 6. The standard InChI is InChI=1S/C15H19NO6/c17-15(6-8-20-11-14-5-2-7-21-14)22-10-12-3-1-4-13(9-12)16(18)19/h1,3-4,9,14H,2,5-8,10-11H2. The van der Waals surface area contributed by atoms with Crippen molar-refractivity contribution in [2.45, 2.75) is 32.0 Å². The van der Waals surface area contributed by atoms with E-state index in [2.05, 4.69) is 0 Å². The summed E-state index contributed by atoms with van der Waals surface area (Å²) in [6.45, 7) is 1.58. The Balaban J connectivity index is 1.62. The lowest BCUT2D eigenvalue weighted by Gasteiger charge is -2.10. The Morgan fingerprint density at radius 2 is 2.32 bits per heavy atom. The maximum atomic E-state index is 11.6. The molecule has 1 aromatic rings. The summed E-state index contributed by atoms with van der Waals surface area (Å²) < 4.78 is 15.8. The highest BCUT2D eigenvalue weighted by Gasteiger charge is 2.15. The molecule has 2 rings (SSSR count). The average molecular weight is 309 g/mol. The molecule has 0 amide bonds. The van der Waals surface area contributed by atoms with Crippen molar-refractivity contribution in [3.63, 3.8) is 0 Å². The Morgan fingerprint density at radius 1 is 1.45 bits per heavy atom. The van der Waals surface area contributed by atoms with Crippen LogP contribution in [0.2, 0.25) is 0 Å². The highest BCUT2D eigenvalue weighted by atomic mass is 16.6. The number of carbonyl (C=O) groups is 1. The van der Waals surface area contributed by atoms with Gasteiger partial charge in [0.1, 0.15) is 6.61 Å². The number of benzene rings is 1. The molecule has 1 aliphatic heterocycles. The van der Waals surface area contributed by atoms with Crippen LogP contribution in [-0.2, 0) is 25.6 Å². The van der Waals surface area contributed by atoms with Crippen LogP contribution < -0.4 is 0 Å². The summed E-state index contributed by atoms with van der Waals surface area (Å²) in [5.41, 5.74) is 0.566. The van der Waals surface area contributed by atoms with Crippen LogP contribution in [0.3, 0.4) is 0 Å². The molecule has 0 saturated carbocycles. The number of rotatable bonds is 8. The van der Waals surface area contributed by atoms with Crippen molar-refractivity contribution in [1.29, 1.82) is 0 Å². The largest absolute Gasteiger partial charge is 0.461 e. The number of esters is 1. The number of ether oxygens (including phenoxy) is 3. The first kappa shape index (κ1) is 16.4. The van der Waals surface area contributed by atoms with E-state index < -0.39 is 4.92 Å². The molecule has 1 saturated heterocycles. The maximum absolute atomic E-state index is 11.6. The monoisotopic (exact) mass is 309 g/mol. The molecule has 0 aromatic heterocycles. The SMILES string of the molecule is O=C(CCOCC1CCCO1)OCc1cccc([N+](=O)[O-])c1. The second-order valence-corrected chi connectivity index (χ2v) is 5.05. The van der Waals surface area contributed by atoms with Gasteiger partial charge in [-0.2, -0.15) is 0 Å². The Hall–Kier alpha value is -1.99. The molecule has 0 N–H and O–H groups in total.